The van der Waals surface area contributed by atoms with Crippen molar-refractivity contribution in [2.24, 2.45) is 7.05 Å². The van der Waals surface area contributed by atoms with Gasteiger partial charge in [-0.2, -0.15) is 18.3 Å². The van der Waals surface area contributed by atoms with E-state index in [2.05, 4.69) is 27.2 Å². The highest BCUT2D eigenvalue weighted by Gasteiger charge is 2.34. The van der Waals surface area contributed by atoms with E-state index in [9.17, 15) is 18.0 Å². The maximum absolute atomic E-state index is 14.0. The van der Waals surface area contributed by atoms with Gasteiger partial charge in [-0.3, -0.25) is 18.9 Å². The topological polar surface area (TPSA) is 77.2 Å². The molecule has 1 N–H and O–H groups in total. The average molecular weight is 599 g/mol. The van der Waals surface area contributed by atoms with Gasteiger partial charge in [-0.15, -0.1) is 0 Å². The monoisotopic (exact) mass is 598 g/mol. The number of imidazole rings is 1. The van der Waals surface area contributed by atoms with Crippen LogP contribution in [0.4, 0.5) is 18.9 Å². The number of hydrogen-bond acceptors (Lipinski definition) is 5. The highest BCUT2D eigenvalue weighted by molar-refractivity contribution is 6.04. The van der Waals surface area contributed by atoms with Crippen LogP contribution in [-0.2, 0) is 24.5 Å². The molecule has 6 rings (SSSR count). The van der Waals surface area contributed by atoms with E-state index < -0.39 is 17.6 Å². The van der Waals surface area contributed by atoms with Crippen LogP contribution in [0.1, 0.15) is 38.2 Å². The van der Waals surface area contributed by atoms with Gasteiger partial charge in [0, 0.05) is 55.3 Å². The Morgan fingerprint density at radius 2 is 1.86 bits per heavy atom. The minimum absolute atomic E-state index is 0.0738. The zero-order valence-corrected chi connectivity index (χ0v) is 24.2. The van der Waals surface area contributed by atoms with Crippen molar-refractivity contribution in [1.82, 2.24) is 24.2 Å². The highest BCUT2D eigenvalue weighted by Crippen LogP contribution is 2.34. The number of aryl methyl sites for hydroxylation is 2. The molecule has 0 saturated carbocycles. The Labute approximate surface area is 252 Å². The number of halogens is 3. The SMILES string of the molecule is Cc1ccc(NC(=O)c2ccc(CN3CCOCC3)c(C(F)(F)F)c2)cc1C#Cc1ccc2c(c1)ncn2-c1cnn(C)c1. The quantitative estimate of drug-likeness (QED) is 0.268. The van der Waals surface area contributed by atoms with Crippen LogP contribution >= 0.6 is 0 Å². The van der Waals surface area contributed by atoms with Crippen LogP contribution in [0.25, 0.3) is 16.7 Å². The van der Waals surface area contributed by atoms with Crippen molar-refractivity contribution in [3.8, 4) is 17.5 Å². The van der Waals surface area contributed by atoms with Crippen molar-refractivity contribution in [1.29, 1.82) is 0 Å². The molecule has 0 radical (unpaired) electrons. The summed E-state index contributed by atoms with van der Waals surface area (Å²) in [6, 6.07) is 14.7. The van der Waals surface area contributed by atoms with Crippen LogP contribution < -0.4 is 5.32 Å². The molecule has 1 aliphatic rings. The summed E-state index contributed by atoms with van der Waals surface area (Å²) in [6.45, 7) is 4.12. The zero-order chi connectivity index (χ0) is 30.8. The van der Waals surface area contributed by atoms with Gasteiger partial charge in [0.05, 0.1) is 41.7 Å². The Morgan fingerprint density at radius 1 is 1.05 bits per heavy atom. The molecule has 2 aromatic heterocycles. The summed E-state index contributed by atoms with van der Waals surface area (Å²) in [5.41, 5.74) is 4.63. The van der Waals surface area contributed by atoms with E-state index in [0.717, 1.165) is 33.9 Å². The molecule has 224 valence electrons. The average Bonchev–Trinajstić information content (AvgIpc) is 3.63. The molecule has 5 aromatic rings. The van der Waals surface area contributed by atoms with Crippen molar-refractivity contribution in [2.75, 3.05) is 31.6 Å². The molecular weight excluding hydrogens is 569 g/mol. The largest absolute Gasteiger partial charge is 0.416 e. The maximum atomic E-state index is 14.0. The summed E-state index contributed by atoms with van der Waals surface area (Å²) in [6.07, 6.45) is 0.815. The van der Waals surface area contributed by atoms with Crippen LogP contribution in [0.5, 0.6) is 0 Å². The summed E-state index contributed by atoms with van der Waals surface area (Å²) in [4.78, 5) is 19.5. The first-order valence-electron chi connectivity index (χ1n) is 14.0. The predicted molar refractivity (Wildman–Crippen MR) is 160 cm³/mol. The number of rotatable bonds is 5. The number of nitrogens with one attached hydrogen (secondary N) is 1. The number of aromatic nitrogens is 4. The minimum atomic E-state index is -4.59. The molecule has 3 heterocycles. The zero-order valence-electron chi connectivity index (χ0n) is 24.2. The number of anilines is 1. The Morgan fingerprint density at radius 3 is 2.61 bits per heavy atom. The number of carbonyl (C=O) groups is 1. The molecule has 0 unspecified atom stereocenters. The van der Waals surface area contributed by atoms with Crippen LogP contribution in [0.3, 0.4) is 0 Å². The summed E-state index contributed by atoms with van der Waals surface area (Å²) in [5, 5.41) is 6.94. The molecule has 0 spiro atoms. The molecule has 1 amide bonds. The number of hydrogen-bond donors (Lipinski definition) is 1. The lowest BCUT2D eigenvalue weighted by Crippen LogP contribution is -2.36. The number of ether oxygens (including phenoxy) is 1. The number of morpholine rings is 1. The number of carbonyl (C=O) groups excluding carboxylic acids is 1. The Hall–Kier alpha value is -4.92. The van der Waals surface area contributed by atoms with Crippen molar-refractivity contribution in [2.45, 2.75) is 19.6 Å². The third-order valence-electron chi connectivity index (χ3n) is 7.53. The Kier molecular flexibility index (Phi) is 7.95. The van der Waals surface area contributed by atoms with Gasteiger partial charge in [0.1, 0.15) is 6.33 Å². The van der Waals surface area contributed by atoms with E-state index in [1.54, 1.807) is 29.3 Å². The second-order valence-corrected chi connectivity index (χ2v) is 10.7. The van der Waals surface area contributed by atoms with E-state index in [-0.39, 0.29) is 17.7 Å². The van der Waals surface area contributed by atoms with Gasteiger partial charge in [0.25, 0.3) is 5.91 Å². The van der Waals surface area contributed by atoms with Crippen LogP contribution in [0.2, 0.25) is 0 Å². The van der Waals surface area contributed by atoms with Crippen molar-refractivity contribution < 1.29 is 22.7 Å². The van der Waals surface area contributed by atoms with Gasteiger partial charge in [-0.1, -0.05) is 24.0 Å². The molecule has 0 bridgehead atoms. The lowest BCUT2D eigenvalue weighted by molar-refractivity contribution is -0.138. The fourth-order valence-electron chi connectivity index (χ4n) is 5.13. The minimum Gasteiger partial charge on any atom is -0.379 e. The molecule has 1 fully saturated rings. The molecular formula is C33H29F3N6O2. The molecule has 8 nitrogen and oxygen atoms in total. The van der Waals surface area contributed by atoms with Gasteiger partial charge in [-0.25, -0.2) is 4.98 Å². The second-order valence-electron chi connectivity index (χ2n) is 10.7. The number of amides is 1. The first-order chi connectivity index (χ1) is 21.1. The predicted octanol–water partition coefficient (Wildman–Crippen LogP) is 5.57. The van der Waals surface area contributed by atoms with E-state index in [0.29, 0.717) is 37.6 Å². The van der Waals surface area contributed by atoms with Gasteiger partial charge < -0.3 is 10.1 Å². The third-order valence-corrected chi connectivity index (χ3v) is 7.53. The molecule has 11 heteroatoms. The van der Waals surface area contributed by atoms with Crippen LogP contribution in [-0.4, -0.2) is 56.4 Å². The van der Waals surface area contributed by atoms with E-state index >= 15 is 0 Å². The molecule has 0 aliphatic carbocycles. The molecule has 3 aromatic carbocycles. The van der Waals surface area contributed by atoms with Crippen molar-refractivity contribution in [3.63, 3.8) is 0 Å². The van der Waals surface area contributed by atoms with Gasteiger partial charge in [0.15, 0.2) is 0 Å². The number of fused-ring (bicyclic) bond motifs is 1. The normalized spacial score (nSPS) is 13.9. The Bertz CT molecular complexity index is 1910. The van der Waals surface area contributed by atoms with Crippen molar-refractivity contribution >= 4 is 22.6 Å². The standard InChI is InChI=1S/C33H29F3N6O2/c1-22-3-9-27(39-32(43)25-7-8-26(29(17-25)33(34,35)36)19-41-11-13-44-14-12-41)16-24(22)6-4-23-5-10-31-30(15-23)37-21-42(31)28-18-38-40(2)20-28/h3,5,7-10,15-18,20-21H,11-14,19H2,1-2H3,(H,39,43). The first kappa shape index (κ1) is 29.2. The number of alkyl halides is 3. The van der Waals surface area contributed by atoms with Gasteiger partial charge in [-0.05, 0) is 60.5 Å². The second kappa shape index (κ2) is 12.0. The lowest BCUT2D eigenvalue weighted by Gasteiger charge is -2.27. The highest BCUT2D eigenvalue weighted by atomic mass is 19.4. The fourth-order valence-corrected chi connectivity index (χ4v) is 5.13. The van der Waals surface area contributed by atoms with Crippen molar-refractivity contribution in [3.05, 3.63) is 107 Å². The molecule has 1 aliphatic heterocycles. The molecule has 0 atom stereocenters. The summed E-state index contributed by atoms with van der Waals surface area (Å²) in [5.74, 6) is 5.68. The maximum Gasteiger partial charge on any atom is 0.416 e. The van der Waals surface area contributed by atoms with E-state index in [4.69, 9.17) is 4.74 Å². The molecule has 44 heavy (non-hydrogen) atoms. The third kappa shape index (κ3) is 6.37. The van der Waals surface area contributed by atoms with Gasteiger partial charge >= 0.3 is 6.18 Å². The number of benzene rings is 3. The number of nitrogens with zero attached hydrogens (tertiary/aromatic N) is 5. The van der Waals surface area contributed by atoms with Gasteiger partial charge in [0.2, 0.25) is 0 Å². The molecule has 1 saturated heterocycles. The summed E-state index contributed by atoms with van der Waals surface area (Å²) in [7, 11) is 1.85. The smallest absolute Gasteiger partial charge is 0.379 e. The van der Waals surface area contributed by atoms with E-state index in [1.807, 2.05) is 53.9 Å². The van der Waals surface area contributed by atoms with Crippen LogP contribution in [0, 0.1) is 18.8 Å². The summed E-state index contributed by atoms with van der Waals surface area (Å²) >= 11 is 0. The van der Waals surface area contributed by atoms with E-state index in [1.165, 1.54) is 12.1 Å². The first-order valence-corrected chi connectivity index (χ1v) is 14.0. The lowest BCUT2D eigenvalue weighted by atomic mass is 10.0. The van der Waals surface area contributed by atoms with Crippen LogP contribution in [0.15, 0.2) is 73.3 Å². The fraction of sp³-hybridized carbons (Fsp3) is 0.242. The summed E-state index contributed by atoms with van der Waals surface area (Å²) < 4.78 is 50.9. The Balaban J connectivity index is 1.20.